The molecule has 1 heterocycles. The highest BCUT2D eigenvalue weighted by Crippen LogP contribution is 2.55. The lowest BCUT2D eigenvalue weighted by atomic mass is 9.93. The molecule has 2 heteroatoms. The van der Waals surface area contributed by atoms with Gasteiger partial charge in [-0.2, -0.15) is 0 Å². The second-order valence-electron chi connectivity index (χ2n) is 4.31. The summed E-state index contributed by atoms with van der Waals surface area (Å²) in [7, 11) is 4.31. The zero-order chi connectivity index (χ0) is 7.90. The standard InChI is InChI=1S/C9H18N2/c1-10-5-8-6-11(2)7-9(8)3-4-9/h8,10H,3-7H2,1-2H3. The molecule has 1 aliphatic carbocycles. The van der Waals surface area contributed by atoms with Crippen molar-refractivity contribution in [2.24, 2.45) is 11.3 Å². The quantitative estimate of drug-likeness (QED) is 0.625. The number of nitrogens with zero attached hydrogens (tertiary/aromatic N) is 1. The second-order valence-corrected chi connectivity index (χ2v) is 4.31. The third-order valence-electron chi connectivity index (χ3n) is 3.33. The van der Waals surface area contributed by atoms with Crippen LogP contribution >= 0.6 is 0 Å². The Morgan fingerprint density at radius 3 is 2.82 bits per heavy atom. The Morgan fingerprint density at radius 1 is 1.55 bits per heavy atom. The van der Waals surface area contributed by atoms with E-state index in [2.05, 4.69) is 24.3 Å². The Bertz CT molecular complexity index is 152. The predicted molar refractivity (Wildman–Crippen MR) is 46.6 cm³/mol. The van der Waals surface area contributed by atoms with Gasteiger partial charge in [-0.25, -0.2) is 0 Å². The van der Waals surface area contributed by atoms with Crippen LogP contribution in [0.1, 0.15) is 12.8 Å². The van der Waals surface area contributed by atoms with Crippen molar-refractivity contribution >= 4 is 0 Å². The molecule has 0 aromatic carbocycles. The average Bonchev–Trinajstić information content (AvgIpc) is 2.61. The molecular weight excluding hydrogens is 136 g/mol. The summed E-state index contributed by atoms with van der Waals surface area (Å²) < 4.78 is 0. The molecule has 64 valence electrons. The summed E-state index contributed by atoms with van der Waals surface area (Å²) >= 11 is 0. The fourth-order valence-corrected chi connectivity index (χ4v) is 2.56. The fourth-order valence-electron chi connectivity index (χ4n) is 2.56. The third kappa shape index (κ3) is 1.18. The van der Waals surface area contributed by atoms with Crippen molar-refractivity contribution in [1.29, 1.82) is 0 Å². The van der Waals surface area contributed by atoms with Crippen LogP contribution in [-0.2, 0) is 0 Å². The first kappa shape index (κ1) is 7.56. The van der Waals surface area contributed by atoms with E-state index >= 15 is 0 Å². The fraction of sp³-hybridized carbons (Fsp3) is 1.00. The summed E-state index contributed by atoms with van der Waals surface area (Å²) in [5.41, 5.74) is 0.748. The van der Waals surface area contributed by atoms with E-state index in [4.69, 9.17) is 0 Å². The van der Waals surface area contributed by atoms with Crippen LogP contribution in [0.5, 0.6) is 0 Å². The Balaban J connectivity index is 1.97. The van der Waals surface area contributed by atoms with Gasteiger partial charge in [0, 0.05) is 13.1 Å². The molecule has 0 amide bonds. The van der Waals surface area contributed by atoms with Crippen LogP contribution in [0, 0.1) is 11.3 Å². The van der Waals surface area contributed by atoms with Gasteiger partial charge in [-0.1, -0.05) is 0 Å². The summed E-state index contributed by atoms with van der Waals surface area (Å²) in [6, 6.07) is 0. The SMILES string of the molecule is CNCC1CN(C)CC12CC2. The van der Waals surface area contributed by atoms with Gasteiger partial charge in [-0.05, 0) is 44.8 Å². The van der Waals surface area contributed by atoms with Gasteiger partial charge >= 0.3 is 0 Å². The van der Waals surface area contributed by atoms with Crippen molar-refractivity contribution in [2.75, 3.05) is 33.7 Å². The van der Waals surface area contributed by atoms with Crippen LogP contribution in [-0.4, -0.2) is 38.6 Å². The van der Waals surface area contributed by atoms with Crippen molar-refractivity contribution < 1.29 is 0 Å². The average molecular weight is 154 g/mol. The summed E-state index contributed by atoms with van der Waals surface area (Å²) in [6.45, 7) is 3.87. The van der Waals surface area contributed by atoms with Crippen LogP contribution in [0.2, 0.25) is 0 Å². The molecule has 1 aliphatic heterocycles. The van der Waals surface area contributed by atoms with Gasteiger partial charge in [-0.15, -0.1) is 0 Å². The van der Waals surface area contributed by atoms with Gasteiger partial charge in [0.2, 0.25) is 0 Å². The summed E-state index contributed by atoms with van der Waals surface area (Å²) in [5, 5.41) is 3.30. The molecule has 2 aliphatic rings. The molecule has 1 unspecified atom stereocenters. The van der Waals surface area contributed by atoms with Gasteiger partial charge in [0.1, 0.15) is 0 Å². The van der Waals surface area contributed by atoms with E-state index in [1.165, 1.54) is 32.5 Å². The maximum Gasteiger partial charge on any atom is 0.00387 e. The van der Waals surface area contributed by atoms with E-state index in [9.17, 15) is 0 Å². The number of likely N-dealkylation sites (tertiary alicyclic amines) is 1. The first-order valence-electron chi connectivity index (χ1n) is 4.60. The number of hydrogen-bond donors (Lipinski definition) is 1. The van der Waals surface area contributed by atoms with Crippen LogP contribution in [0.15, 0.2) is 0 Å². The Labute approximate surface area is 69.0 Å². The van der Waals surface area contributed by atoms with Gasteiger partial charge in [0.15, 0.2) is 0 Å². The van der Waals surface area contributed by atoms with Gasteiger partial charge in [0.05, 0.1) is 0 Å². The van der Waals surface area contributed by atoms with Crippen molar-refractivity contribution in [3.8, 4) is 0 Å². The normalized spacial score (nSPS) is 34.9. The van der Waals surface area contributed by atoms with Crippen LogP contribution in [0.25, 0.3) is 0 Å². The molecule has 0 aromatic rings. The summed E-state index contributed by atoms with van der Waals surface area (Å²) in [5.74, 6) is 0.928. The van der Waals surface area contributed by atoms with Gasteiger partial charge < -0.3 is 10.2 Å². The summed E-state index contributed by atoms with van der Waals surface area (Å²) in [6.07, 6.45) is 2.95. The monoisotopic (exact) mass is 154 g/mol. The predicted octanol–water partition coefficient (Wildman–Crippen LogP) is 0.548. The second kappa shape index (κ2) is 2.46. The van der Waals surface area contributed by atoms with E-state index in [0.717, 1.165) is 11.3 Å². The summed E-state index contributed by atoms with van der Waals surface area (Å²) in [4.78, 5) is 2.48. The lowest BCUT2D eigenvalue weighted by Crippen LogP contribution is -2.26. The molecule has 1 saturated carbocycles. The number of hydrogen-bond acceptors (Lipinski definition) is 2. The number of rotatable bonds is 2. The van der Waals surface area contributed by atoms with E-state index in [0.29, 0.717) is 0 Å². The van der Waals surface area contributed by atoms with Crippen LogP contribution in [0.3, 0.4) is 0 Å². The molecule has 1 N–H and O–H groups in total. The van der Waals surface area contributed by atoms with E-state index < -0.39 is 0 Å². The zero-order valence-corrected chi connectivity index (χ0v) is 7.56. The molecule has 2 rings (SSSR count). The minimum atomic E-state index is 0.748. The largest absolute Gasteiger partial charge is 0.319 e. The van der Waals surface area contributed by atoms with E-state index in [-0.39, 0.29) is 0 Å². The Hall–Kier alpha value is -0.0800. The highest BCUT2D eigenvalue weighted by atomic mass is 15.2. The van der Waals surface area contributed by atoms with Gasteiger partial charge in [0.25, 0.3) is 0 Å². The molecule has 11 heavy (non-hydrogen) atoms. The molecule has 2 fully saturated rings. The van der Waals surface area contributed by atoms with Crippen LogP contribution < -0.4 is 5.32 Å². The topological polar surface area (TPSA) is 15.3 Å². The third-order valence-corrected chi connectivity index (χ3v) is 3.33. The Kier molecular flexibility index (Phi) is 1.69. The maximum absolute atomic E-state index is 3.30. The number of nitrogens with one attached hydrogen (secondary N) is 1. The smallest absolute Gasteiger partial charge is 0.00387 e. The molecule has 0 radical (unpaired) electrons. The van der Waals surface area contributed by atoms with Crippen molar-refractivity contribution in [3.05, 3.63) is 0 Å². The zero-order valence-electron chi connectivity index (χ0n) is 7.56. The van der Waals surface area contributed by atoms with Gasteiger partial charge in [-0.3, -0.25) is 0 Å². The van der Waals surface area contributed by atoms with E-state index in [1.54, 1.807) is 0 Å². The molecule has 0 aromatic heterocycles. The first-order chi connectivity index (χ1) is 5.27. The molecule has 0 bridgehead atoms. The molecule has 1 saturated heterocycles. The minimum Gasteiger partial charge on any atom is -0.319 e. The van der Waals surface area contributed by atoms with Crippen molar-refractivity contribution in [1.82, 2.24) is 10.2 Å². The molecule has 2 nitrogen and oxygen atoms in total. The molecule has 1 spiro atoms. The minimum absolute atomic E-state index is 0.748. The molecule has 1 atom stereocenters. The van der Waals surface area contributed by atoms with Crippen molar-refractivity contribution in [3.63, 3.8) is 0 Å². The van der Waals surface area contributed by atoms with E-state index in [1.807, 2.05) is 0 Å². The first-order valence-corrected chi connectivity index (χ1v) is 4.60. The Morgan fingerprint density at radius 2 is 2.27 bits per heavy atom. The lowest BCUT2D eigenvalue weighted by Gasteiger charge is -2.15. The lowest BCUT2D eigenvalue weighted by molar-refractivity contribution is 0.384. The highest BCUT2D eigenvalue weighted by molar-refractivity contribution is 5.05. The van der Waals surface area contributed by atoms with Crippen molar-refractivity contribution in [2.45, 2.75) is 12.8 Å². The maximum atomic E-state index is 3.30. The molecular formula is C9H18N2. The van der Waals surface area contributed by atoms with Crippen LogP contribution in [0.4, 0.5) is 0 Å². The highest BCUT2D eigenvalue weighted by Gasteiger charge is 2.53.